The van der Waals surface area contributed by atoms with E-state index in [4.69, 9.17) is 9.47 Å². The minimum absolute atomic E-state index is 0.384. The van der Waals surface area contributed by atoms with Gasteiger partial charge in [-0.3, -0.25) is 0 Å². The summed E-state index contributed by atoms with van der Waals surface area (Å²) in [5, 5.41) is 3.83. The molecule has 1 atom stereocenters. The van der Waals surface area contributed by atoms with Gasteiger partial charge in [0.2, 0.25) is 0 Å². The largest absolute Gasteiger partial charge is 0.497 e. The van der Waals surface area contributed by atoms with Crippen LogP contribution in [0, 0.1) is 5.41 Å². The first-order valence-corrected chi connectivity index (χ1v) is 8.18. The maximum atomic E-state index is 5.50. The minimum Gasteiger partial charge on any atom is -0.497 e. The molecule has 2 aliphatic rings. The van der Waals surface area contributed by atoms with Crippen molar-refractivity contribution in [2.45, 2.75) is 45.1 Å². The summed E-state index contributed by atoms with van der Waals surface area (Å²) < 4.78 is 10.9. The fourth-order valence-electron chi connectivity index (χ4n) is 3.53. The van der Waals surface area contributed by atoms with E-state index < -0.39 is 0 Å². The number of methoxy groups -OCH3 is 1. The number of benzene rings is 1. The van der Waals surface area contributed by atoms with Crippen molar-refractivity contribution in [2.24, 2.45) is 5.41 Å². The molecule has 0 amide bonds. The highest BCUT2D eigenvalue weighted by atomic mass is 16.5. The third kappa shape index (κ3) is 3.41. The zero-order valence-electron chi connectivity index (χ0n) is 13.3. The second-order valence-electron chi connectivity index (χ2n) is 6.81. The summed E-state index contributed by atoms with van der Waals surface area (Å²) >= 11 is 0. The molecule has 0 saturated carbocycles. The van der Waals surface area contributed by atoms with Crippen LogP contribution >= 0.6 is 0 Å². The molecule has 3 heteroatoms. The quantitative estimate of drug-likeness (QED) is 0.920. The summed E-state index contributed by atoms with van der Waals surface area (Å²) in [5.74, 6) is 0.972. The van der Waals surface area contributed by atoms with Crippen LogP contribution < -0.4 is 10.1 Å². The number of aryl methyl sites for hydroxylation is 1. The van der Waals surface area contributed by atoms with Crippen LogP contribution in [0.2, 0.25) is 0 Å². The lowest BCUT2D eigenvalue weighted by Gasteiger charge is -2.36. The van der Waals surface area contributed by atoms with Crippen molar-refractivity contribution in [1.29, 1.82) is 0 Å². The Morgan fingerprint density at radius 3 is 2.90 bits per heavy atom. The van der Waals surface area contributed by atoms with E-state index in [9.17, 15) is 0 Å². The average Bonchev–Trinajstić information content (AvgIpc) is 2.53. The van der Waals surface area contributed by atoms with Gasteiger partial charge in [0.1, 0.15) is 5.75 Å². The molecule has 1 fully saturated rings. The molecule has 3 rings (SSSR count). The molecular formula is C18H27NO2. The van der Waals surface area contributed by atoms with Crippen LogP contribution in [0.3, 0.4) is 0 Å². The Morgan fingerprint density at radius 2 is 2.14 bits per heavy atom. The number of ether oxygens (including phenoxy) is 2. The van der Waals surface area contributed by atoms with Gasteiger partial charge < -0.3 is 14.8 Å². The van der Waals surface area contributed by atoms with Crippen molar-refractivity contribution in [1.82, 2.24) is 5.32 Å². The molecule has 1 N–H and O–H groups in total. The molecule has 1 unspecified atom stereocenters. The molecule has 1 heterocycles. The Morgan fingerprint density at radius 1 is 1.33 bits per heavy atom. The van der Waals surface area contributed by atoms with Crippen molar-refractivity contribution in [3.05, 3.63) is 29.3 Å². The number of hydrogen-bond donors (Lipinski definition) is 1. The molecule has 0 spiro atoms. The van der Waals surface area contributed by atoms with Gasteiger partial charge in [-0.2, -0.15) is 0 Å². The average molecular weight is 289 g/mol. The molecule has 21 heavy (non-hydrogen) atoms. The van der Waals surface area contributed by atoms with Crippen LogP contribution in [0.25, 0.3) is 0 Å². The molecule has 0 aromatic heterocycles. The van der Waals surface area contributed by atoms with Crippen molar-refractivity contribution in [3.63, 3.8) is 0 Å². The Balaban J connectivity index is 1.69. The zero-order chi connectivity index (χ0) is 14.7. The van der Waals surface area contributed by atoms with Gasteiger partial charge in [0.25, 0.3) is 0 Å². The predicted molar refractivity (Wildman–Crippen MR) is 84.8 cm³/mol. The van der Waals surface area contributed by atoms with Crippen LogP contribution in [0.4, 0.5) is 0 Å². The van der Waals surface area contributed by atoms with Crippen molar-refractivity contribution in [2.75, 3.05) is 26.9 Å². The smallest absolute Gasteiger partial charge is 0.119 e. The topological polar surface area (TPSA) is 30.5 Å². The number of rotatable bonds is 4. The summed E-state index contributed by atoms with van der Waals surface area (Å²) in [6.45, 7) is 5.29. The van der Waals surface area contributed by atoms with Gasteiger partial charge in [-0.05, 0) is 60.8 Å². The predicted octanol–water partition coefficient (Wildman–Crippen LogP) is 3.48. The third-order valence-electron chi connectivity index (χ3n) is 5.14. The van der Waals surface area contributed by atoms with Crippen LogP contribution in [0.1, 0.15) is 49.8 Å². The van der Waals surface area contributed by atoms with Crippen molar-refractivity contribution >= 4 is 0 Å². The monoisotopic (exact) mass is 289 g/mol. The van der Waals surface area contributed by atoms with E-state index in [0.29, 0.717) is 11.5 Å². The fourth-order valence-corrected chi connectivity index (χ4v) is 3.53. The Kier molecular flexibility index (Phi) is 4.51. The standard InChI is InChI=1S/C18H27NO2/c1-18(8-10-21-11-9-18)13-19-17-5-3-4-14-6-7-15(20-2)12-16(14)17/h6-7,12,17,19H,3-5,8-11,13H2,1-2H3. The molecule has 1 aromatic carbocycles. The highest BCUT2D eigenvalue weighted by Gasteiger charge is 2.29. The lowest BCUT2D eigenvalue weighted by Crippen LogP contribution is -2.39. The zero-order valence-corrected chi connectivity index (χ0v) is 13.3. The summed E-state index contributed by atoms with van der Waals surface area (Å²) in [4.78, 5) is 0. The fraction of sp³-hybridized carbons (Fsp3) is 0.667. The number of fused-ring (bicyclic) bond motifs is 1. The summed E-state index contributed by atoms with van der Waals surface area (Å²) in [7, 11) is 1.75. The molecule has 3 nitrogen and oxygen atoms in total. The normalized spacial score (nSPS) is 24.4. The van der Waals surface area contributed by atoms with E-state index in [-0.39, 0.29) is 0 Å². The Hall–Kier alpha value is -1.06. The number of nitrogens with one attached hydrogen (secondary N) is 1. The summed E-state index contributed by atoms with van der Waals surface area (Å²) in [6.07, 6.45) is 6.03. The van der Waals surface area contributed by atoms with Crippen molar-refractivity contribution in [3.8, 4) is 5.75 Å². The van der Waals surface area contributed by atoms with E-state index in [2.05, 4.69) is 30.4 Å². The first-order chi connectivity index (χ1) is 10.2. The Labute approximate surface area is 128 Å². The molecule has 116 valence electrons. The molecule has 1 aromatic rings. The van der Waals surface area contributed by atoms with Crippen molar-refractivity contribution < 1.29 is 9.47 Å². The maximum Gasteiger partial charge on any atom is 0.119 e. The van der Waals surface area contributed by atoms with E-state index in [0.717, 1.165) is 38.3 Å². The first kappa shape index (κ1) is 14.9. The molecule has 1 aliphatic heterocycles. The van der Waals surface area contributed by atoms with Crippen LogP contribution in [0.15, 0.2) is 18.2 Å². The molecular weight excluding hydrogens is 262 g/mol. The maximum absolute atomic E-state index is 5.50. The molecule has 1 aliphatic carbocycles. The Bertz CT molecular complexity index is 480. The second kappa shape index (κ2) is 6.37. The molecule has 0 radical (unpaired) electrons. The summed E-state index contributed by atoms with van der Waals surface area (Å²) in [6, 6.07) is 7.01. The second-order valence-corrected chi connectivity index (χ2v) is 6.81. The number of hydrogen-bond acceptors (Lipinski definition) is 3. The SMILES string of the molecule is COc1ccc2c(c1)C(NCC1(C)CCOCC1)CCC2. The first-order valence-electron chi connectivity index (χ1n) is 8.18. The van der Waals surface area contributed by atoms with Crippen LogP contribution in [-0.2, 0) is 11.2 Å². The lowest BCUT2D eigenvalue weighted by molar-refractivity contribution is 0.0226. The highest BCUT2D eigenvalue weighted by molar-refractivity contribution is 5.39. The van der Waals surface area contributed by atoms with Gasteiger partial charge in [-0.15, -0.1) is 0 Å². The van der Waals surface area contributed by atoms with Gasteiger partial charge in [0.15, 0.2) is 0 Å². The van der Waals surface area contributed by atoms with Gasteiger partial charge in [-0.1, -0.05) is 13.0 Å². The van der Waals surface area contributed by atoms with Crippen LogP contribution in [-0.4, -0.2) is 26.9 Å². The van der Waals surface area contributed by atoms with Gasteiger partial charge in [0.05, 0.1) is 7.11 Å². The van der Waals surface area contributed by atoms with Gasteiger partial charge >= 0.3 is 0 Å². The van der Waals surface area contributed by atoms with E-state index in [1.54, 1.807) is 7.11 Å². The van der Waals surface area contributed by atoms with Crippen LogP contribution in [0.5, 0.6) is 5.75 Å². The highest BCUT2D eigenvalue weighted by Crippen LogP contribution is 2.34. The molecule has 1 saturated heterocycles. The minimum atomic E-state index is 0.384. The molecule has 0 bridgehead atoms. The van der Waals surface area contributed by atoms with E-state index in [1.165, 1.54) is 30.4 Å². The van der Waals surface area contributed by atoms with E-state index >= 15 is 0 Å². The summed E-state index contributed by atoms with van der Waals surface area (Å²) in [5.41, 5.74) is 3.31. The van der Waals surface area contributed by atoms with E-state index in [1.807, 2.05) is 0 Å². The third-order valence-corrected chi connectivity index (χ3v) is 5.14. The van der Waals surface area contributed by atoms with Gasteiger partial charge in [-0.25, -0.2) is 0 Å². The van der Waals surface area contributed by atoms with Gasteiger partial charge in [0, 0.05) is 25.8 Å². The lowest BCUT2D eigenvalue weighted by atomic mass is 9.81.